The van der Waals surface area contributed by atoms with Crippen LogP contribution >= 0.6 is 12.4 Å². The molecular formula is C15H19ClFN3. The second kappa shape index (κ2) is 6.48. The van der Waals surface area contributed by atoms with E-state index in [9.17, 15) is 4.39 Å². The lowest BCUT2D eigenvalue weighted by Gasteiger charge is -2.17. The van der Waals surface area contributed by atoms with E-state index in [-0.39, 0.29) is 18.2 Å². The van der Waals surface area contributed by atoms with Crippen LogP contribution in [0.15, 0.2) is 30.5 Å². The Kier molecular flexibility index (Phi) is 4.91. The van der Waals surface area contributed by atoms with E-state index in [1.165, 1.54) is 0 Å². The molecule has 0 bridgehead atoms. The Bertz CT molecular complexity index is 590. The lowest BCUT2D eigenvalue weighted by Crippen LogP contribution is -2.29. The molecule has 2 heterocycles. The number of likely N-dealkylation sites (N-methyl/N-ethyl adjacent to an activating group) is 1. The smallest absolute Gasteiger partial charge is 0.124 e. The molecule has 1 unspecified atom stereocenters. The number of hydrogen-bond donors (Lipinski definition) is 1. The molecule has 0 amide bonds. The van der Waals surface area contributed by atoms with Gasteiger partial charge in [0.05, 0.1) is 5.52 Å². The highest BCUT2D eigenvalue weighted by molar-refractivity contribution is 5.85. The van der Waals surface area contributed by atoms with Gasteiger partial charge in [0.2, 0.25) is 0 Å². The minimum Gasteiger partial charge on any atom is -0.316 e. The Morgan fingerprint density at radius 3 is 3.05 bits per heavy atom. The zero-order chi connectivity index (χ0) is 13.2. The summed E-state index contributed by atoms with van der Waals surface area (Å²) in [5.74, 6) is -0.181. The van der Waals surface area contributed by atoms with E-state index in [0.29, 0.717) is 6.04 Å². The summed E-state index contributed by atoms with van der Waals surface area (Å²) >= 11 is 0. The molecule has 3 nitrogen and oxygen atoms in total. The zero-order valence-electron chi connectivity index (χ0n) is 11.5. The van der Waals surface area contributed by atoms with Crippen molar-refractivity contribution in [1.82, 2.24) is 15.2 Å². The van der Waals surface area contributed by atoms with Crippen molar-refractivity contribution in [2.24, 2.45) is 0 Å². The molecule has 2 aromatic rings. The van der Waals surface area contributed by atoms with Gasteiger partial charge in [0.1, 0.15) is 5.82 Å². The molecule has 0 aliphatic carbocycles. The first-order valence-corrected chi connectivity index (χ1v) is 6.69. The zero-order valence-corrected chi connectivity index (χ0v) is 12.3. The van der Waals surface area contributed by atoms with Crippen molar-refractivity contribution in [3.63, 3.8) is 0 Å². The molecule has 5 heteroatoms. The SMILES string of the molecule is CNC1CCN(Cc2cc(F)cc3cccnc23)C1.Cl. The maximum absolute atomic E-state index is 13.7. The Hall–Kier alpha value is -1.23. The molecule has 0 radical (unpaired) electrons. The summed E-state index contributed by atoms with van der Waals surface area (Å²) in [6.45, 7) is 2.83. The highest BCUT2D eigenvalue weighted by Crippen LogP contribution is 2.21. The monoisotopic (exact) mass is 295 g/mol. The summed E-state index contributed by atoms with van der Waals surface area (Å²) in [7, 11) is 1.99. The van der Waals surface area contributed by atoms with Crippen LogP contribution < -0.4 is 5.32 Å². The molecule has 1 aliphatic rings. The van der Waals surface area contributed by atoms with E-state index < -0.39 is 0 Å². The van der Waals surface area contributed by atoms with Gasteiger partial charge in [0.25, 0.3) is 0 Å². The summed E-state index contributed by atoms with van der Waals surface area (Å²) in [6, 6.07) is 7.47. The molecular weight excluding hydrogens is 277 g/mol. The predicted molar refractivity (Wildman–Crippen MR) is 81.7 cm³/mol. The summed E-state index contributed by atoms with van der Waals surface area (Å²) in [6.07, 6.45) is 2.92. The number of aromatic nitrogens is 1. The first-order chi connectivity index (χ1) is 9.26. The van der Waals surface area contributed by atoms with Crippen molar-refractivity contribution in [2.75, 3.05) is 20.1 Å². The summed E-state index contributed by atoms with van der Waals surface area (Å²) in [5.41, 5.74) is 1.89. The molecule has 108 valence electrons. The maximum atomic E-state index is 13.7. The maximum Gasteiger partial charge on any atom is 0.124 e. The van der Waals surface area contributed by atoms with Gasteiger partial charge in [0.15, 0.2) is 0 Å². The highest BCUT2D eigenvalue weighted by Gasteiger charge is 2.21. The average molecular weight is 296 g/mol. The van der Waals surface area contributed by atoms with E-state index in [1.54, 1.807) is 18.3 Å². The van der Waals surface area contributed by atoms with Crippen LogP contribution in [-0.4, -0.2) is 36.1 Å². The average Bonchev–Trinajstić information content (AvgIpc) is 2.86. The quantitative estimate of drug-likeness (QED) is 0.943. The van der Waals surface area contributed by atoms with Gasteiger partial charge in [-0.2, -0.15) is 0 Å². The second-order valence-corrected chi connectivity index (χ2v) is 5.15. The van der Waals surface area contributed by atoms with Crippen molar-refractivity contribution in [3.05, 3.63) is 41.8 Å². The predicted octanol–water partition coefficient (Wildman–Crippen LogP) is 2.59. The molecule has 1 fully saturated rings. The fraction of sp³-hybridized carbons (Fsp3) is 0.400. The van der Waals surface area contributed by atoms with Crippen LogP contribution in [0.25, 0.3) is 10.9 Å². The van der Waals surface area contributed by atoms with Crippen LogP contribution in [0.5, 0.6) is 0 Å². The highest BCUT2D eigenvalue weighted by atomic mass is 35.5. The third-order valence-corrected chi connectivity index (χ3v) is 3.82. The molecule has 1 aliphatic heterocycles. The number of hydrogen-bond acceptors (Lipinski definition) is 3. The van der Waals surface area contributed by atoms with Gasteiger partial charge >= 0.3 is 0 Å². The second-order valence-electron chi connectivity index (χ2n) is 5.15. The summed E-state index contributed by atoms with van der Waals surface area (Å²) in [5, 5.41) is 4.17. The summed E-state index contributed by atoms with van der Waals surface area (Å²) < 4.78 is 13.7. The van der Waals surface area contributed by atoms with Gasteiger partial charge in [-0.1, -0.05) is 6.07 Å². The molecule has 0 spiro atoms. The topological polar surface area (TPSA) is 28.2 Å². The van der Waals surface area contributed by atoms with E-state index >= 15 is 0 Å². The third-order valence-electron chi connectivity index (χ3n) is 3.82. The number of rotatable bonds is 3. The minimum atomic E-state index is -0.181. The number of nitrogens with zero attached hydrogens (tertiary/aromatic N) is 2. The Morgan fingerprint density at radius 1 is 1.45 bits per heavy atom. The summed E-state index contributed by atoms with van der Waals surface area (Å²) in [4.78, 5) is 6.75. The normalized spacial score (nSPS) is 19.2. The molecule has 1 saturated heterocycles. The number of fused-ring (bicyclic) bond motifs is 1. The standard InChI is InChI=1S/C15H18FN3.ClH/c1-17-14-4-6-19(10-14)9-12-8-13(16)7-11-3-2-5-18-15(11)12;/h2-3,5,7-8,14,17H,4,6,9-10H2,1H3;1H. The molecule has 20 heavy (non-hydrogen) atoms. The molecule has 0 saturated carbocycles. The number of pyridine rings is 1. The molecule has 3 rings (SSSR count). The molecule has 1 aromatic carbocycles. The van der Waals surface area contributed by atoms with Gasteiger partial charge in [-0.15, -0.1) is 12.4 Å². The Labute approximate surface area is 124 Å². The van der Waals surface area contributed by atoms with Gasteiger partial charge in [-0.05, 0) is 37.2 Å². The number of nitrogens with one attached hydrogen (secondary N) is 1. The lowest BCUT2D eigenvalue weighted by atomic mass is 10.1. The fourth-order valence-electron chi connectivity index (χ4n) is 2.80. The lowest BCUT2D eigenvalue weighted by molar-refractivity contribution is 0.323. The van der Waals surface area contributed by atoms with Crippen molar-refractivity contribution in [3.8, 4) is 0 Å². The van der Waals surface area contributed by atoms with Crippen LogP contribution in [0.1, 0.15) is 12.0 Å². The van der Waals surface area contributed by atoms with Crippen molar-refractivity contribution >= 4 is 23.3 Å². The van der Waals surface area contributed by atoms with E-state index in [2.05, 4.69) is 15.2 Å². The van der Waals surface area contributed by atoms with Crippen molar-refractivity contribution in [1.29, 1.82) is 0 Å². The fourth-order valence-corrected chi connectivity index (χ4v) is 2.80. The van der Waals surface area contributed by atoms with Crippen LogP contribution in [0.2, 0.25) is 0 Å². The minimum absolute atomic E-state index is 0. The molecule has 1 atom stereocenters. The van der Waals surface area contributed by atoms with Crippen LogP contribution in [0, 0.1) is 5.82 Å². The number of benzene rings is 1. The van der Waals surface area contributed by atoms with Gasteiger partial charge in [0, 0.05) is 37.3 Å². The Balaban J connectivity index is 0.00000147. The van der Waals surface area contributed by atoms with Gasteiger partial charge < -0.3 is 5.32 Å². The molecule has 1 N–H and O–H groups in total. The van der Waals surface area contributed by atoms with E-state index in [1.807, 2.05) is 19.2 Å². The van der Waals surface area contributed by atoms with E-state index in [4.69, 9.17) is 0 Å². The van der Waals surface area contributed by atoms with Crippen LogP contribution in [-0.2, 0) is 6.54 Å². The van der Waals surface area contributed by atoms with Crippen molar-refractivity contribution < 1.29 is 4.39 Å². The largest absolute Gasteiger partial charge is 0.316 e. The first kappa shape index (κ1) is 15.2. The molecule has 1 aromatic heterocycles. The third kappa shape index (κ3) is 3.08. The first-order valence-electron chi connectivity index (χ1n) is 6.69. The van der Waals surface area contributed by atoms with Crippen LogP contribution in [0.4, 0.5) is 4.39 Å². The van der Waals surface area contributed by atoms with Gasteiger partial charge in [-0.25, -0.2) is 4.39 Å². The number of halogens is 2. The van der Waals surface area contributed by atoms with E-state index in [0.717, 1.165) is 42.5 Å². The van der Waals surface area contributed by atoms with Gasteiger partial charge in [-0.3, -0.25) is 9.88 Å². The number of likely N-dealkylation sites (tertiary alicyclic amines) is 1. The van der Waals surface area contributed by atoms with Crippen molar-refractivity contribution in [2.45, 2.75) is 19.0 Å². The Morgan fingerprint density at radius 2 is 2.30 bits per heavy atom. The van der Waals surface area contributed by atoms with Crippen LogP contribution in [0.3, 0.4) is 0 Å².